The summed E-state index contributed by atoms with van der Waals surface area (Å²) in [7, 11) is 0. The zero-order chi connectivity index (χ0) is 12.7. The molecule has 1 aromatic carbocycles. The SMILES string of the molecule is O=C(NCCCCCBr)c1ccc(F)c(Br)c1. The average molecular weight is 367 g/mol. The van der Waals surface area contributed by atoms with Crippen LogP contribution in [0, 0.1) is 5.82 Å². The third kappa shape index (κ3) is 5.17. The number of halogens is 3. The molecule has 0 saturated carbocycles. The summed E-state index contributed by atoms with van der Waals surface area (Å²) in [5.74, 6) is -0.525. The van der Waals surface area contributed by atoms with E-state index in [9.17, 15) is 9.18 Å². The summed E-state index contributed by atoms with van der Waals surface area (Å²) in [6.07, 6.45) is 3.15. The van der Waals surface area contributed by atoms with Crippen molar-refractivity contribution in [3.05, 3.63) is 34.1 Å². The van der Waals surface area contributed by atoms with E-state index in [1.54, 1.807) is 0 Å². The lowest BCUT2D eigenvalue weighted by molar-refractivity contribution is 0.0953. The quantitative estimate of drug-likeness (QED) is 0.600. The van der Waals surface area contributed by atoms with Crippen molar-refractivity contribution in [2.45, 2.75) is 19.3 Å². The predicted molar refractivity (Wildman–Crippen MR) is 74.1 cm³/mol. The molecule has 0 aromatic heterocycles. The monoisotopic (exact) mass is 365 g/mol. The number of unbranched alkanes of at least 4 members (excludes halogenated alkanes) is 2. The van der Waals surface area contributed by atoms with Crippen LogP contribution in [0.4, 0.5) is 4.39 Å². The van der Waals surface area contributed by atoms with Gasteiger partial charge in [0.2, 0.25) is 0 Å². The Balaban J connectivity index is 2.39. The summed E-state index contributed by atoms with van der Waals surface area (Å²) in [5, 5.41) is 3.80. The molecule has 2 nitrogen and oxygen atoms in total. The Morgan fingerprint density at radius 1 is 1.29 bits per heavy atom. The Morgan fingerprint density at radius 3 is 2.71 bits per heavy atom. The highest BCUT2D eigenvalue weighted by Gasteiger charge is 2.07. The highest BCUT2D eigenvalue weighted by Crippen LogP contribution is 2.16. The highest BCUT2D eigenvalue weighted by molar-refractivity contribution is 9.10. The van der Waals surface area contributed by atoms with Crippen LogP contribution in [0.1, 0.15) is 29.6 Å². The molecule has 1 N–H and O–H groups in total. The molecule has 0 atom stereocenters. The van der Waals surface area contributed by atoms with Crippen LogP contribution in [0.5, 0.6) is 0 Å². The molecular formula is C12H14Br2FNO. The number of nitrogens with one attached hydrogen (secondary N) is 1. The number of carbonyl (C=O) groups excluding carboxylic acids is 1. The molecule has 1 rings (SSSR count). The fourth-order valence-corrected chi connectivity index (χ4v) is 2.11. The molecule has 0 radical (unpaired) electrons. The first-order valence-corrected chi connectivity index (χ1v) is 7.36. The lowest BCUT2D eigenvalue weighted by Crippen LogP contribution is -2.24. The minimum absolute atomic E-state index is 0.162. The first-order valence-electron chi connectivity index (χ1n) is 5.44. The lowest BCUT2D eigenvalue weighted by atomic mass is 10.2. The maximum atomic E-state index is 13.0. The van der Waals surface area contributed by atoms with Crippen LogP contribution < -0.4 is 5.32 Å². The van der Waals surface area contributed by atoms with Crippen LogP contribution in [-0.4, -0.2) is 17.8 Å². The molecule has 1 amide bonds. The second-order valence-electron chi connectivity index (χ2n) is 3.63. The zero-order valence-electron chi connectivity index (χ0n) is 9.31. The fraction of sp³-hybridized carbons (Fsp3) is 0.417. The number of hydrogen-bond acceptors (Lipinski definition) is 1. The topological polar surface area (TPSA) is 29.1 Å². The van der Waals surface area contributed by atoms with Crippen molar-refractivity contribution in [2.75, 3.05) is 11.9 Å². The molecule has 0 bridgehead atoms. The summed E-state index contributed by atoms with van der Waals surface area (Å²) < 4.78 is 13.3. The van der Waals surface area contributed by atoms with Crippen molar-refractivity contribution in [3.8, 4) is 0 Å². The Morgan fingerprint density at radius 2 is 2.06 bits per heavy atom. The average Bonchev–Trinajstić information content (AvgIpc) is 2.32. The van der Waals surface area contributed by atoms with Crippen LogP contribution in [0.15, 0.2) is 22.7 Å². The first kappa shape index (κ1) is 14.6. The summed E-state index contributed by atoms with van der Waals surface area (Å²) in [6.45, 7) is 0.654. The standard InChI is InChI=1S/C12H14Br2FNO/c13-6-2-1-3-7-16-12(17)9-4-5-11(15)10(14)8-9/h4-5,8H,1-3,6-7H2,(H,16,17). The van der Waals surface area contributed by atoms with E-state index >= 15 is 0 Å². The van der Waals surface area contributed by atoms with Gasteiger partial charge in [0.15, 0.2) is 0 Å². The van der Waals surface area contributed by atoms with Crippen LogP contribution >= 0.6 is 31.9 Å². The molecule has 0 spiro atoms. The maximum Gasteiger partial charge on any atom is 0.251 e. The summed E-state index contributed by atoms with van der Waals surface area (Å²) >= 11 is 6.41. The van der Waals surface area contributed by atoms with Crippen molar-refractivity contribution in [2.24, 2.45) is 0 Å². The van der Waals surface area contributed by atoms with Crippen LogP contribution in [0.2, 0.25) is 0 Å². The van der Waals surface area contributed by atoms with E-state index in [0.717, 1.165) is 24.6 Å². The second-order valence-corrected chi connectivity index (χ2v) is 5.28. The number of amides is 1. The molecule has 0 aliphatic rings. The fourth-order valence-electron chi connectivity index (χ4n) is 1.34. The van der Waals surface area contributed by atoms with Crippen molar-refractivity contribution < 1.29 is 9.18 Å². The largest absolute Gasteiger partial charge is 0.352 e. The molecule has 17 heavy (non-hydrogen) atoms. The first-order chi connectivity index (χ1) is 8.15. The predicted octanol–water partition coefficient (Wildman–Crippen LogP) is 3.88. The molecule has 0 aliphatic heterocycles. The van der Waals surface area contributed by atoms with E-state index in [4.69, 9.17) is 0 Å². The van der Waals surface area contributed by atoms with E-state index in [1.165, 1.54) is 18.2 Å². The van der Waals surface area contributed by atoms with Gasteiger partial charge in [-0.1, -0.05) is 22.4 Å². The highest BCUT2D eigenvalue weighted by atomic mass is 79.9. The van der Waals surface area contributed by atoms with Gasteiger partial charge in [-0.05, 0) is 47.0 Å². The third-order valence-corrected chi connectivity index (χ3v) is 3.45. The number of rotatable bonds is 6. The van der Waals surface area contributed by atoms with Gasteiger partial charge in [0, 0.05) is 17.4 Å². The third-order valence-electron chi connectivity index (χ3n) is 2.28. The minimum Gasteiger partial charge on any atom is -0.352 e. The molecule has 5 heteroatoms. The molecule has 1 aromatic rings. The molecule has 0 heterocycles. The minimum atomic E-state index is -0.362. The smallest absolute Gasteiger partial charge is 0.251 e. The second kappa shape index (κ2) is 7.82. The number of hydrogen-bond donors (Lipinski definition) is 1. The van der Waals surface area contributed by atoms with Gasteiger partial charge >= 0.3 is 0 Å². The van der Waals surface area contributed by atoms with Crippen LogP contribution in [0.25, 0.3) is 0 Å². The van der Waals surface area contributed by atoms with E-state index in [1.807, 2.05) is 0 Å². The molecule has 0 saturated heterocycles. The Hall–Kier alpha value is -0.420. The molecule has 0 aliphatic carbocycles. The van der Waals surface area contributed by atoms with Gasteiger partial charge in [0.05, 0.1) is 4.47 Å². The van der Waals surface area contributed by atoms with Crippen molar-refractivity contribution in [1.82, 2.24) is 5.32 Å². The Bertz CT molecular complexity index is 385. The van der Waals surface area contributed by atoms with E-state index in [-0.39, 0.29) is 11.7 Å². The summed E-state index contributed by atoms with van der Waals surface area (Å²) in [4.78, 5) is 11.7. The number of carbonyl (C=O) groups is 1. The van der Waals surface area contributed by atoms with Gasteiger partial charge in [-0.25, -0.2) is 4.39 Å². The zero-order valence-corrected chi connectivity index (χ0v) is 12.5. The van der Waals surface area contributed by atoms with Crippen LogP contribution in [0.3, 0.4) is 0 Å². The summed E-state index contributed by atoms with van der Waals surface area (Å²) in [6, 6.07) is 4.25. The van der Waals surface area contributed by atoms with Gasteiger partial charge in [-0.15, -0.1) is 0 Å². The van der Waals surface area contributed by atoms with Gasteiger partial charge in [0.25, 0.3) is 5.91 Å². The van der Waals surface area contributed by atoms with Gasteiger partial charge in [-0.2, -0.15) is 0 Å². The number of benzene rings is 1. The van der Waals surface area contributed by atoms with E-state index in [2.05, 4.69) is 37.2 Å². The number of alkyl halides is 1. The van der Waals surface area contributed by atoms with Crippen LogP contribution in [-0.2, 0) is 0 Å². The van der Waals surface area contributed by atoms with Crippen molar-refractivity contribution in [3.63, 3.8) is 0 Å². The normalized spacial score (nSPS) is 10.3. The Labute approximate surface area is 117 Å². The van der Waals surface area contributed by atoms with Crippen molar-refractivity contribution in [1.29, 1.82) is 0 Å². The molecule has 0 unspecified atom stereocenters. The van der Waals surface area contributed by atoms with Crippen molar-refractivity contribution >= 4 is 37.8 Å². The summed E-state index contributed by atoms with van der Waals surface area (Å²) in [5.41, 5.74) is 0.471. The molecule has 94 valence electrons. The van der Waals surface area contributed by atoms with Gasteiger partial charge in [-0.3, -0.25) is 4.79 Å². The molecule has 0 fully saturated rings. The van der Waals surface area contributed by atoms with E-state index in [0.29, 0.717) is 16.6 Å². The molecular weight excluding hydrogens is 353 g/mol. The van der Waals surface area contributed by atoms with Gasteiger partial charge in [0.1, 0.15) is 5.82 Å². The van der Waals surface area contributed by atoms with Gasteiger partial charge < -0.3 is 5.32 Å². The maximum absolute atomic E-state index is 13.0. The lowest BCUT2D eigenvalue weighted by Gasteiger charge is -2.05. The Kier molecular flexibility index (Phi) is 6.73. The van der Waals surface area contributed by atoms with E-state index < -0.39 is 0 Å².